The second kappa shape index (κ2) is 5.72. The maximum Gasteiger partial charge on any atom is 0.229 e. The molecule has 1 fully saturated rings. The van der Waals surface area contributed by atoms with Gasteiger partial charge in [0.05, 0.1) is 6.26 Å². The Balaban J connectivity index is 1.46. The molecule has 1 aromatic carbocycles. The Bertz CT molecular complexity index is 1010. The van der Waals surface area contributed by atoms with Crippen LogP contribution in [0.3, 0.4) is 0 Å². The minimum absolute atomic E-state index is 0.00389. The summed E-state index contributed by atoms with van der Waals surface area (Å²) in [6.07, 6.45) is 4.68. The van der Waals surface area contributed by atoms with Gasteiger partial charge >= 0.3 is 0 Å². The molecule has 1 aliphatic carbocycles. The highest BCUT2D eigenvalue weighted by Gasteiger charge is 2.24. The number of carbonyl (C=O) groups excluding carboxylic acids is 1. The summed E-state index contributed by atoms with van der Waals surface area (Å²) in [7, 11) is 0. The maximum atomic E-state index is 11.9. The van der Waals surface area contributed by atoms with E-state index in [9.17, 15) is 4.79 Å². The topological polar surface area (TPSA) is 92.1 Å². The smallest absolute Gasteiger partial charge is 0.229 e. The van der Waals surface area contributed by atoms with Gasteiger partial charge in [-0.05, 0) is 37.0 Å². The lowest BCUT2D eigenvalue weighted by Gasteiger charge is -2.22. The first kappa shape index (κ1) is 15.2. The van der Waals surface area contributed by atoms with Crippen molar-refractivity contribution in [2.75, 3.05) is 16.0 Å². The lowest BCUT2D eigenvalue weighted by Crippen LogP contribution is -2.27. The third-order valence-electron chi connectivity index (χ3n) is 4.82. The number of anilines is 4. The van der Waals surface area contributed by atoms with Gasteiger partial charge in [0.1, 0.15) is 5.52 Å². The van der Waals surface area contributed by atoms with Crippen LogP contribution in [0.15, 0.2) is 34.9 Å². The first-order valence-corrected chi connectivity index (χ1v) is 8.88. The highest BCUT2D eigenvalue weighted by atomic mass is 16.3. The summed E-state index contributed by atoms with van der Waals surface area (Å²) in [5.74, 6) is 1.27. The van der Waals surface area contributed by atoms with Gasteiger partial charge in [0, 0.05) is 29.4 Å². The van der Waals surface area contributed by atoms with Gasteiger partial charge in [0.2, 0.25) is 11.9 Å². The Hall–Kier alpha value is -3.09. The van der Waals surface area contributed by atoms with Gasteiger partial charge in [-0.3, -0.25) is 4.79 Å². The molecule has 0 bridgehead atoms. The molecule has 3 heterocycles. The fourth-order valence-corrected chi connectivity index (χ4v) is 3.19. The maximum absolute atomic E-state index is 11.9. The van der Waals surface area contributed by atoms with Gasteiger partial charge in [-0.2, -0.15) is 4.98 Å². The van der Waals surface area contributed by atoms with E-state index < -0.39 is 0 Å². The number of nitrogens with zero attached hydrogens (tertiary/aromatic N) is 2. The van der Waals surface area contributed by atoms with Gasteiger partial charge in [0.15, 0.2) is 11.4 Å². The molecule has 2 aromatic heterocycles. The summed E-state index contributed by atoms with van der Waals surface area (Å²) in [6.45, 7) is 1.94. The summed E-state index contributed by atoms with van der Waals surface area (Å²) < 4.78 is 5.52. The lowest BCUT2D eigenvalue weighted by atomic mass is 9.94. The number of rotatable bonds is 4. The largest absolute Gasteiger partial charge is 0.459 e. The van der Waals surface area contributed by atoms with Crippen LogP contribution in [0.4, 0.5) is 23.1 Å². The van der Waals surface area contributed by atoms with Gasteiger partial charge in [-0.15, -0.1) is 0 Å². The van der Waals surface area contributed by atoms with Crippen LogP contribution in [0.1, 0.15) is 25.3 Å². The second-order valence-electron chi connectivity index (χ2n) is 7.04. The van der Waals surface area contributed by atoms with Crippen LogP contribution in [-0.2, 0) is 11.2 Å². The van der Waals surface area contributed by atoms with Crippen molar-refractivity contribution in [1.29, 1.82) is 0 Å². The highest BCUT2D eigenvalue weighted by Crippen LogP contribution is 2.32. The Kier molecular flexibility index (Phi) is 3.34. The number of aromatic nitrogens is 2. The van der Waals surface area contributed by atoms with Crippen molar-refractivity contribution < 1.29 is 9.21 Å². The average molecular weight is 349 g/mol. The number of nitrogens with one attached hydrogen (secondary N) is 3. The SMILES string of the molecule is CC1Cc2ccc(Nc3nc(NC4CC4)c4occc4n3)cc2NC1=O. The zero-order valence-electron chi connectivity index (χ0n) is 14.4. The number of fused-ring (bicyclic) bond motifs is 2. The molecular weight excluding hydrogens is 330 g/mol. The zero-order valence-corrected chi connectivity index (χ0v) is 14.4. The van der Waals surface area contributed by atoms with Crippen molar-refractivity contribution in [3.63, 3.8) is 0 Å². The quantitative estimate of drug-likeness (QED) is 0.665. The lowest BCUT2D eigenvalue weighted by molar-refractivity contribution is -0.119. The Morgan fingerprint density at radius 2 is 2.12 bits per heavy atom. The third kappa shape index (κ3) is 2.75. The average Bonchev–Trinajstić information content (AvgIpc) is 3.30. The summed E-state index contributed by atoms with van der Waals surface area (Å²) >= 11 is 0. The second-order valence-corrected chi connectivity index (χ2v) is 7.04. The molecule has 3 N–H and O–H groups in total. The van der Waals surface area contributed by atoms with E-state index in [1.54, 1.807) is 6.26 Å². The van der Waals surface area contributed by atoms with Crippen LogP contribution in [0.5, 0.6) is 0 Å². The number of amides is 1. The molecule has 132 valence electrons. The molecule has 26 heavy (non-hydrogen) atoms. The first-order valence-electron chi connectivity index (χ1n) is 8.88. The fourth-order valence-electron chi connectivity index (χ4n) is 3.19. The molecule has 0 radical (unpaired) electrons. The van der Waals surface area contributed by atoms with Crippen LogP contribution in [0, 0.1) is 5.92 Å². The molecule has 0 saturated heterocycles. The van der Waals surface area contributed by atoms with Crippen molar-refractivity contribution in [1.82, 2.24) is 9.97 Å². The molecule has 7 heteroatoms. The molecule has 1 unspecified atom stereocenters. The van der Waals surface area contributed by atoms with Crippen molar-refractivity contribution in [3.8, 4) is 0 Å². The van der Waals surface area contributed by atoms with Crippen molar-refractivity contribution in [2.45, 2.75) is 32.2 Å². The Morgan fingerprint density at radius 1 is 1.23 bits per heavy atom. The minimum atomic E-state index is 0.00389. The molecule has 1 amide bonds. The number of hydrogen-bond acceptors (Lipinski definition) is 6. The Labute approximate surface area is 150 Å². The molecule has 3 aromatic rings. The van der Waals surface area contributed by atoms with Crippen molar-refractivity contribution >= 4 is 40.1 Å². The number of benzene rings is 1. The summed E-state index contributed by atoms with van der Waals surface area (Å²) in [4.78, 5) is 21.0. The van der Waals surface area contributed by atoms with E-state index in [4.69, 9.17) is 4.42 Å². The molecule has 1 atom stereocenters. The fraction of sp³-hybridized carbons (Fsp3) is 0.316. The number of carbonyl (C=O) groups is 1. The van der Waals surface area contributed by atoms with Crippen LogP contribution in [0.2, 0.25) is 0 Å². The van der Waals surface area contributed by atoms with Gasteiger partial charge in [-0.25, -0.2) is 4.98 Å². The van der Waals surface area contributed by atoms with Crippen LogP contribution in [-0.4, -0.2) is 21.9 Å². The first-order chi connectivity index (χ1) is 12.7. The van der Waals surface area contributed by atoms with E-state index in [-0.39, 0.29) is 11.8 Å². The highest BCUT2D eigenvalue weighted by molar-refractivity contribution is 5.96. The van der Waals surface area contributed by atoms with E-state index in [2.05, 4.69) is 25.9 Å². The molecule has 5 rings (SSSR count). The Morgan fingerprint density at radius 3 is 2.96 bits per heavy atom. The molecule has 0 spiro atoms. The standard InChI is InChI=1S/C19H19N5O2/c1-10-8-11-2-3-13(9-15(11)22-18(10)25)21-19-23-14-6-7-26-16(14)17(24-19)20-12-4-5-12/h2-3,6-7,9-10,12H,4-5,8H2,1H3,(H,22,25)(H2,20,21,23,24). The van der Waals surface area contributed by atoms with E-state index in [1.165, 1.54) is 0 Å². The third-order valence-corrected chi connectivity index (χ3v) is 4.82. The predicted molar refractivity (Wildman–Crippen MR) is 99.7 cm³/mol. The van der Waals surface area contributed by atoms with E-state index in [0.29, 0.717) is 23.4 Å². The summed E-state index contributed by atoms with van der Waals surface area (Å²) in [5, 5.41) is 9.59. The summed E-state index contributed by atoms with van der Waals surface area (Å²) in [6, 6.07) is 8.24. The molecular formula is C19H19N5O2. The molecule has 1 saturated carbocycles. The van der Waals surface area contributed by atoms with E-state index in [1.807, 2.05) is 31.2 Å². The van der Waals surface area contributed by atoms with E-state index >= 15 is 0 Å². The van der Waals surface area contributed by atoms with Crippen molar-refractivity contribution in [2.24, 2.45) is 5.92 Å². The molecule has 2 aliphatic rings. The van der Waals surface area contributed by atoms with Crippen LogP contribution < -0.4 is 16.0 Å². The van der Waals surface area contributed by atoms with Crippen LogP contribution in [0.25, 0.3) is 11.1 Å². The van der Waals surface area contributed by atoms with Gasteiger partial charge < -0.3 is 20.4 Å². The summed E-state index contributed by atoms with van der Waals surface area (Å²) in [5.41, 5.74) is 4.25. The van der Waals surface area contributed by atoms with Crippen LogP contribution >= 0.6 is 0 Å². The number of furan rings is 1. The normalized spacial score (nSPS) is 19.1. The van der Waals surface area contributed by atoms with E-state index in [0.717, 1.165) is 41.7 Å². The molecule has 1 aliphatic heterocycles. The van der Waals surface area contributed by atoms with Crippen molar-refractivity contribution in [3.05, 3.63) is 36.1 Å². The zero-order chi connectivity index (χ0) is 17.7. The van der Waals surface area contributed by atoms with Gasteiger partial charge in [-0.1, -0.05) is 13.0 Å². The minimum Gasteiger partial charge on any atom is -0.459 e. The predicted octanol–water partition coefficient (Wildman–Crippen LogP) is 3.67. The number of hydrogen-bond donors (Lipinski definition) is 3. The van der Waals surface area contributed by atoms with Gasteiger partial charge in [0.25, 0.3) is 0 Å². The monoisotopic (exact) mass is 349 g/mol. The molecule has 7 nitrogen and oxygen atoms in total.